The number of hydrogen-bond acceptors (Lipinski definition) is 2. The molecule has 0 saturated heterocycles. The Bertz CT molecular complexity index is 209. The van der Waals surface area contributed by atoms with Crippen molar-refractivity contribution in [3.63, 3.8) is 0 Å². The summed E-state index contributed by atoms with van der Waals surface area (Å²) in [7, 11) is -1.21. The van der Waals surface area contributed by atoms with Crippen molar-refractivity contribution >= 4 is 19.6 Å². The molecule has 3 heteroatoms. The molecule has 0 heterocycles. The molecule has 0 aromatic carbocycles. The van der Waals surface area contributed by atoms with Gasteiger partial charge >= 0.3 is 0 Å². The number of hydrogen-bond donors (Lipinski definition) is 0. The molecule has 0 saturated carbocycles. The number of rotatable bonds is 7. The van der Waals surface area contributed by atoms with Crippen molar-refractivity contribution < 1.29 is 9.59 Å². The second-order valence-corrected chi connectivity index (χ2v) is 10.3. The molecule has 0 amide bonds. The summed E-state index contributed by atoms with van der Waals surface area (Å²) < 4.78 is 0. The predicted molar refractivity (Wildman–Crippen MR) is 62.3 cm³/mol. The van der Waals surface area contributed by atoms with E-state index in [0.717, 1.165) is 18.9 Å². The van der Waals surface area contributed by atoms with E-state index < -0.39 is 8.07 Å². The van der Waals surface area contributed by atoms with Crippen LogP contribution >= 0.6 is 0 Å². The normalized spacial score (nSPS) is 11.4. The second kappa shape index (κ2) is 6.12. The zero-order valence-electron chi connectivity index (χ0n) is 9.85. The van der Waals surface area contributed by atoms with Gasteiger partial charge in [0.15, 0.2) is 0 Å². The van der Waals surface area contributed by atoms with Gasteiger partial charge in [0.25, 0.3) is 0 Å². The van der Waals surface area contributed by atoms with E-state index in [1.807, 2.05) is 0 Å². The van der Waals surface area contributed by atoms with E-state index in [1.165, 1.54) is 6.04 Å². The molecular formula is C11H22O2Si. The van der Waals surface area contributed by atoms with Crippen molar-refractivity contribution in [1.29, 1.82) is 0 Å². The second-order valence-electron chi connectivity index (χ2n) is 4.92. The van der Waals surface area contributed by atoms with Crippen molar-refractivity contribution in [1.82, 2.24) is 0 Å². The van der Waals surface area contributed by atoms with Crippen LogP contribution in [0, 0.1) is 0 Å². The van der Waals surface area contributed by atoms with Gasteiger partial charge in [0.2, 0.25) is 0 Å². The van der Waals surface area contributed by atoms with Gasteiger partial charge < -0.3 is 9.59 Å². The lowest BCUT2D eigenvalue weighted by molar-refractivity contribution is -0.117. The first kappa shape index (κ1) is 13.6. The fourth-order valence-corrected chi connectivity index (χ4v) is 3.87. The van der Waals surface area contributed by atoms with Crippen LogP contribution in [0.1, 0.15) is 33.1 Å². The van der Waals surface area contributed by atoms with Crippen LogP contribution in [0.25, 0.3) is 0 Å². The van der Waals surface area contributed by atoms with E-state index in [1.54, 1.807) is 13.8 Å². The van der Waals surface area contributed by atoms with Crippen LogP contribution in [-0.4, -0.2) is 19.6 Å². The van der Waals surface area contributed by atoms with Gasteiger partial charge in [-0.2, -0.15) is 0 Å². The lowest BCUT2D eigenvalue weighted by Gasteiger charge is -2.21. The van der Waals surface area contributed by atoms with E-state index in [9.17, 15) is 9.59 Å². The first-order chi connectivity index (χ1) is 6.33. The van der Waals surface area contributed by atoms with Gasteiger partial charge in [-0.3, -0.25) is 0 Å². The Morgan fingerprint density at radius 3 is 1.86 bits per heavy atom. The zero-order chi connectivity index (χ0) is 11.2. The smallest absolute Gasteiger partial charge is 0.129 e. The molecule has 0 aliphatic carbocycles. The predicted octanol–water partition coefficient (Wildman–Crippen LogP) is 3.04. The number of Topliss-reactive ketones (excluding diaryl/α,β-unsaturated/α-hetero) is 2. The lowest BCUT2D eigenvalue weighted by atomic mass is 10.3. The van der Waals surface area contributed by atoms with E-state index in [4.69, 9.17) is 0 Å². The Balaban J connectivity index is 3.71. The molecule has 0 N–H and O–H groups in total. The molecule has 0 unspecified atom stereocenters. The Labute approximate surface area is 88.1 Å². The average molecular weight is 214 g/mol. The fourth-order valence-electron chi connectivity index (χ4n) is 1.46. The van der Waals surface area contributed by atoms with Crippen LogP contribution in [0.5, 0.6) is 0 Å². The molecule has 0 aromatic heterocycles. The molecule has 2 nitrogen and oxygen atoms in total. The third-order valence-corrected chi connectivity index (χ3v) is 5.85. The fraction of sp³-hybridized carbons (Fsp3) is 0.818. The molecule has 0 bridgehead atoms. The van der Waals surface area contributed by atoms with Crippen molar-refractivity contribution in [2.24, 2.45) is 0 Å². The minimum Gasteiger partial charge on any atom is -0.300 e. The molecule has 0 aliphatic heterocycles. The van der Waals surface area contributed by atoms with Gasteiger partial charge in [0.1, 0.15) is 11.6 Å². The summed E-state index contributed by atoms with van der Waals surface area (Å²) in [4.78, 5) is 21.6. The third-order valence-electron chi connectivity index (χ3n) is 2.54. The summed E-state index contributed by atoms with van der Waals surface area (Å²) in [6.07, 6.45) is 2.43. The van der Waals surface area contributed by atoms with Crippen LogP contribution in [0.15, 0.2) is 0 Å². The lowest BCUT2D eigenvalue weighted by Crippen LogP contribution is -2.25. The first-order valence-electron chi connectivity index (χ1n) is 5.32. The van der Waals surface area contributed by atoms with Gasteiger partial charge in [-0.05, 0) is 20.3 Å². The van der Waals surface area contributed by atoms with Gasteiger partial charge in [0, 0.05) is 20.9 Å². The number of ketones is 2. The molecule has 0 rings (SSSR count). The molecule has 0 fully saturated rings. The molecule has 0 aromatic rings. The van der Waals surface area contributed by atoms with Gasteiger partial charge in [-0.25, -0.2) is 0 Å². The van der Waals surface area contributed by atoms with Crippen LogP contribution in [-0.2, 0) is 9.59 Å². The van der Waals surface area contributed by atoms with E-state index in [2.05, 4.69) is 13.1 Å². The highest BCUT2D eigenvalue weighted by Crippen LogP contribution is 2.20. The maximum Gasteiger partial charge on any atom is 0.129 e. The van der Waals surface area contributed by atoms with E-state index in [0.29, 0.717) is 6.42 Å². The molecule has 82 valence electrons. The summed E-state index contributed by atoms with van der Waals surface area (Å²) in [6.45, 7) is 7.90. The van der Waals surface area contributed by atoms with Crippen LogP contribution in [0.4, 0.5) is 0 Å². The van der Waals surface area contributed by atoms with Crippen molar-refractivity contribution in [2.45, 2.75) is 58.3 Å². The summed E-state index contributed by atoms with van der Waals surface area (Å²) >= 11 is 0. The Kier molecular flexibility index (Phi) is 5.92. The first-order valence-corrected chi connectivity index (χ1v) is 8.74. The summed E-state index contributed by atoms with van der Waals surface area (Å²) in [5.41, 5.74) is 0. The number of carbonyl (C=O) groups excluding carboxylic acids is 2. The van der Waals surface area contributed by atoms with Crippen molar-refractivity contribution in [3.05, 3.63) is 0 Å². The van der Waals surface area contributed by atoms with Gasteiger partial charge in [-0.15, -0.1) is 0 Å². The summed E-state index contributed by atoms with van der Waals surface area (Å²) in [6, 6.07) is 2.24. The van der Waals surface area contributed by atoms with Gasteiger partial charge in [0.05, 0.1) is 0 Å². The average Bonchev–Trinajstić information content (AvgIpc) is 2.00. The Morgan fingerprint density at radius 2 is 1.43 bits per heavy atom. The summed E-state index contributed by atoms with van der Waals surface area (Å²) in [5.74, 6) is 0.568. The van der Waals surface area contributed by atoms with Crippen LogP contribution < -0.4 is 0 Å². The van der Waals surface area contributed by atoms with Crippen molar-refractivity contribution in [3.8, 4) is 0 Å². The van der Waals surface area contributed by atoms with Gasteiger partial charge in [-0.1, -0.05) is 25.2 Å². The maximum atomic E-state index is 10.8. The number of carbonyl (C=O) groups is 2. The van der Waals surface area contributed by atoms with Crippen LogP contribution in [0.3, 0.4) is 0 Å². The van der Waals surface area contributed by atoms with E-state index >= 15 is 0 Å². The summed E-state index contributed by atoms with van der Waals surface area (Å²) in [5, 5.41) is 0. The Hall–Kier alpha value is -0.443. The largest absolute Gasteiger partial charge is 0.300 e. The quantitative estimate of drug-likeness (QED) is 0.610. The molecule has 0 radical (unpaired) electrons. The monoisotopic (exact) mass is 214 g/mol. The minimum atomic E-state index is -1.21. The zero-order valence-corrected chi connectivity index (χ0v) is 10.9. The standard InChI is InChI=1S/C11H22O2Si/c1-10(12)6-5-8-14(3,4)9-7-11(2)13/h5-9H2,1-4H3. The van der Waals surface area contributed by atoms with E-state index in [-0.39, 0.29) is 11.6 Å². The highest BCUT2D eigenvalue weighted by molar-refractivity contribution is 6.77. The Morgan fingerprint density at radius 1 is 0.929 bits per heavy atom. The van der Waals surface area contributed by atoms with Crippen molar-refractivity contribution in [2.75, 3.05) is 0 Å². The maximum absolute atomic E-state index is 10.8. The highest BCUT2D eigenvalue weighted by Gasteiger charge is 2.20. The molecule has 0 aliphatic rings. The molecular weight excluding hydrogens is 192 g/mol. The SMILES string of the molecule is CC(=O)CCC[Si](C)(C)CCC(C)=O. The molecule has 14 heavy (non-hydrogen) atoms. The highest BCUT2D eigenvalue weighted by atomic mass is 28.3. The minimum absolute atomic E-state index is 0.279. The molecule has 0 spiro atoms. The topological polar surface area (TPSA) is 34.1 Å². The van der Waals surface area contributed by atoms with Crippen LogP contribution in [0.2, 0.25) is 25.2 Å². The third kappa shape index (κ3) is 8.17. The molecule has 0 atom stereocenters.